The van der Waals surface area contributed by atoms with Crippen LogP contribution in [-0.2, 0) is 14.4 Å². The maximum absolute atomic E-state index is 12.3. The molecule has 1 saturated heterocycles. The van der Waals surface area contributed by atoms with E-state index in [0.717, 1.165) is 0 Å². The maximum Gasteiger partial charge on any atom is 0.322 e. The van der Waals surface area contributed by atoms with Gasteiger partial charge >= 0.3 is 5.97 Å². The molecule has 9 heteroatoms. The third-order valence-corrected chi connectivity index (χ3v) is 3.87. The number of nitrogens with zero attached hydrogens (tertiary/aromatic N) is 1. The van der Waals surface area contributed by atoms with E-state index in [0.29, 0.717) is 22.9 Å². The summed E-state index contributed by atoms with van der Waals surface area (Å²) in [6.07, 6.45) is 0.00210. The van der Waals surface area contributed by atoms with Crippen molar-refractivity contribution in [1.29, 1.82) is 0 Å². The third-order valence-electron chi connectivity index (χ3n) is 3.87. The number of methoxy groups -OCH3 is 3. The number of amides is 2. The molecule has 0 radical (unpaired) electrons. The maximum atomic E-state index is 12.3. The molecule has 1 aliphatic heterocycles. The Bertz CT molecular complexity index is 664. The Balaban J connectivity index is 2.23. The monoisotopic (exact) mass is 352 g/mol. The second kappa shape index (κ2) is 7.73. The molecule has 2 amide bonds. The van der Waals surface area contributed by atoms with Gasteiger partial charge in [0.25, 0.3) is 0 Å². The molecule has 1 atom stereocenters. The van der Waals surface area contributed by atoms with E-state index in [1.807, 2.05) is 0 Å². The Labute approximate surface area is 144 Å². The molecule has 0 aliphatic carbocycles. The smallest absolute Gasteiger partial charge is 0.322 e. The first kappa shape index (κ1) is 18.4. The first-order chi connectivity index (χ1) is 11.9. The van der Waals surface area contributed by atoms with Crippen molar-refractivity contribution in [2.75, 3.05) is 39.3 Å². The molecule has 0 saturated carbocycles. The molecule has 2 rings (SSSR count). The summed E-state index contributed by atoms with van der Waals surface area (Å²) in [6.45, 7) is -0.337. The average molecular weight is 352 g/mol. The van der Waals surface area contributed by atoms with Crippen LogP contribution in [0.15, 0.2) is 12.1 Å². The van der Waals surface area contributed by atoms with Crippen LogP contribution in [0.4, 0.5) is 5.69 Å². The topological polar surface area (TPSA) is 114 Å². The second-order valence-electron chi connectivity index (χ2n) is 5.40. The van der Waals surface area contributed by atoms with Crippen molar-refractivity contribution in [1.82, 2.24) is 5.32 Å². The van der Waals surface area contributed by atoms with Gasteiger partial charge in [0.05, 0.1) is 32.9 Å². The summed E-state index contributed by atoms with van der Waals surface area (Å²) in [5.41, 5.74) is 0.507. The van der Waals surface area contributed by atoms with Crippen LogP contribution in [0.5, 0.6) is 17.2 Å². The van der Waals surface area contributed by atoms with Crippen LogP contribution in [0.1, 0.15) is 6.42 Å². The Hall–Kier alpha value is -2.97. The number of aliphatic carboxylic acids is 1. The second-order valence-corrected chi connectivity index (χ2v) is 5.40. The van der Waals surface area contributed by atoms with E-state index in [1.54, 1.807) is 12.1 Å². The molecule has 1 heterocycles. The Morgan fingerprint density at radius 1 is 1.20 bits per heavy atom. The summed E-state index contributed by atoms with van der Waals surface area (Å²) >= 11 is 0. The van der Waals surface area contributed by atoms with Gasteiger partial charge in [0, 0.05) is 25.1 Å². The van der Waals surface area contributed by atoms with Crippen LogP contribution >= 0.6 is 0 Å². The van der Waals surface area contributed by atoms with Crippen molar-refractivity contribution in [2.24, 2.45) is 5.92 Å². The highest BCUT2D eigenvalue weighted by atomic mass is 16.5. The van der Waals surface area contributed by atoms with Crippen LogP contribution in [0, 0.1) is 5.92 Å². The summed E-state index contributed by atoms with van der Waals surface area (Å²) in [5, 5.41) is 10.9. The number of rotatable bonds is 7. The zero-order valence-corrected chi connectivity index (χ0v) is 14.2. The van der Waals surface area contributed by atoms with E-state index in [4.69, 9.17) is 19.3 Å². The number of ether oxygens (including phenoxy) is 3. The number of carboxylic acid groups (broad SMARTS) is 1. The SMILES string of the molecule is COc1cc(N2CC(C(=O)NCC(=O)O)CC2=O)cc(OC)c1OC. The normalized spacial score (nSPS) is 16.5. The fourth-order valence-corrected chi connectivity index (χ4v) is 2.66. The van der Waals surface area contributed by atoms with Crippen molar-refractivity contribution < 1.29 is 33.7 Å². The van der Waals surface area contributed by atoms with Crippen LogP contribution in [0.2, 0.25) is 0 Å². The van der Waals surface area contributed by atoms with Gasteiger partial charge in [-0.05, 0) is 0 Å². The Morgan fingerprint density at radius 3 is 2.28 bits per heavy atom. The number of hydrogen-bond donors (Lipinski definition) is 2. The van der Waals surface area contributed by atoms with Gasteiger partial charge in [0.2, 0.25) is 17.6 Å². The molecule has 1 aromatic rings. The van der Waals surface area contributed by atoms with Gasteiger partial charge in [0.15, 0.2) is 11.5 Å². The number of carboxylic acids is 1. The van der Waals surface area contributed by atoms with Gasteiger partial charge in [-0.3, -0.25) is 14.4 Å². The lowest BCUT2D eigenvalue weighted by molar-refractivity contribution is -0.138. The molecule has 25 heavy (non-hydrogen) atoms. The predicted octanol–water partition coefficient (Wildman–Crippen LogP) is 0.266. The number of carbonyl (C=O) groups excluding carboxylic acids is 2. The standard InChI is InChI=1S/C16H20N2O7/c1-23-11-5-10(6-12(24-2)15(11)25-3)18-8-9(4-13(18)19)16(22)17-7-14(20)21/h5-6,9H,4,7-8H2,1-3H3,(H,17,22)(H,20,21). The van der Waals surface area contributed by atoms with Crippen molar-refractivity contribution in [3.63, 3.8) is 0 Å². The summed E-state index contributed by atoms with van der Waals surface area (Å²) < 4.78 is 15.8. The fraction of sp³-hybridized carbons (Fsp3) is 0.438. The summed E-state index contributed by atoms with van der Waals surface area (Å²) in [5.74, 6) is -1.29. The van der Waals surface area contributed by atoms with Crippen LogP contribution < -0.4 is 24.4 Å². The van der Waals surface area contributed by atoms with Crippen LogP contribution in [-0.4, -0.2) is 57.3 Å². The minimum absolute atomic E-state index is 0.00210. The highest BCUT2D eigenvalue weighted by Crippen LogP contribution is 2.42. The van der Waals surface area contributed by atoms with Gasteiger partial charge in [-0.1, -0.05) is 0 Å². The lowest BCUT2D eigenvalue weighted by Crippen LogP contribution is -2.36. The Kier molecular flexibility index (Phi) is 5.68. The van der Waals surface area contributed by atoms with E-state index in [9.17, 15) is 14.4 Å². The molecule has 0 bridgehead atoms. The minimum Gasteiger partial charge on any atom is -0.493 e. The van der Waals surface area contributed by atoms with Gasteiger partial charge in [-0.2, -0.15) is 0 Å². The molecule has 0 aromatic heterocycles. The number of hydrogen-bond acceptors (Lipinski definition) is 6. The van der Waals surface area contributed by atoms with E-state index in [2.05, 4.69) is 5.32 Å². The van der Waals surface area contributed by atoms with Gasteiger partial charge < -0.3 is 29.5 Å². The fourth-order valence-electron chi connectivity index (χ4n) is 2.66. The van der Waals surface area contributed by atoms with Crippen molar-refractivity contribution in [2.45, 2.75) is 6.42 Å². The summed E-state index contributed by atoms with van der Waals surface area (Å²) in [4.78, 5) is 36.3. The van der Waals surface area contributed by atoms with E-state index in [-0.39, 0.29) is 18.9 Å². The molecule has 2 N–H and O–H groups in total. The van der Waals surface area contributed by atoms with Crippen molar-refractivity contribution in [3.8, 4) is 17.2 Å². The van der Waals surface area contributed by atoms with Gasteiger partial charge in [0.1, 0.15) is 6.54 Å². The highest BCUT2D eigenvalue weighted by Gasteiger charge is 2.36. The van der Waals surface area contributed by atoms with E-state index >= 15 is 0 Å². The van der Waals surface area contributed by atoms with Crippen molar-refractivity contribution in [3.05, 3.63) is 12.1 Å². The number of benzene rings is 1. The molecule has 136 valence electrons. The molecule has 1 unspecified atom stereocenters. The lowest BCUT2D eigenvalue weighted by atomic mass is 10.1. The van der Waals surface area contributed by atoms with Crippen LogP contribution in [0.25, 0.3) is 0 Å². The third kappa shape index (κ3) is 3.93. The van der Waals surface area contributed by atoms with E-state index in [1.165, 1.54) is 26.2 Å². The molecule has 0 spiro atoms. The molecule has 9 nitrogen and oxygen atoms in total. The number of carbonyl (C=O) groups is 3. The Morgan fingerprint density at radius 2 is 1.80 bits per heavy atom. The van der Waals surface area contributed by atoms with Gasteiger partial charge in [-0.25, -0.2) is 0 Å². The largest absolute Gasteiger partial charge is 0.493 e. The number of nitrogens with one attached hydrogen (secondary N) is 1. The zero-order chi connectivity index (χ0) is 18.6. The first-order valence-electron chi connectivity index (χ1n) is 7.51. The van der Waals surface area contributed by atoms with Crippen LogP contribution in [0.3, 0.4) is 0 Å². The molecule has 1 aromatic carbocycles. The average Bonchev–Trinajstić information content (AvgIpc) is 2.99. The molecular formula is C16H20N2O7. The molecule has 1 fully saturated rings. The van der Waals surface area contributed by atoms with Gasteiger partial charge in [-0.15, -0.1) is 0 Å². The predicted molar refractivity (Wildman–Crippen MR) is 87.2 cm³/mol. The van der Waals surface area contributed by atoms with Crippen molar-refractivity contribution >= 4 is 23.5 Å². The lowest BCUT2D eigenvalue weighted by Gasteiger charge is -2.20. The minimum atomic E-state index is -1.14. The quantitative estimate of drug-likeness (QED) is 0.724. The molecular weight excluding hydrogens is 332 g/mol. The molecule has 1 aliphatic rings. The highest BCUT2D eigenvalue weighted by molar-refractivity contribution is 6.01. The number of anilines is 1. The summed E-state index contributed by atoms with van der Waals surface area (Å²) in [7, 11) is 4.41. The first-order valence-corrected chi connectivity index (χ1v) is 7.51. The summed E-state index contributed by atoms with van der Waals surface area (Å²) in [6, 6.07) is 3.24. The van der Waals surface area contributed by atoms with E-state index < -0.39 is 24.3 Å². The zero-order valence-electron chi connectivity index (χ0n) is 14.2.